The van der Waals surface area contributed by atoms with E-state index < -0.39 is 8.32 Å². The van der Waals surface area contributed by atoms with Crippen molar-refractivity contribution in [3.63, 3.8) is 0 Å². The van der Waals surface area contributed by atoms with E-state index in [2.05, 4.69) is 33.9 Å². The molecule has 1 aliphatic carbocycles. The van der Waals surface area contributed by atoms with Gasteiger partial charge in [-0.25, -0.2) is 0 Å². The summed E-state index contributed by atoms with van der Waals surface area (Å²) >= 11 is 0. The molecule has 1 rings (SSSR count). The molecular formula is C13H24O3Si. The summed E-state index contributed by atoms with van der Waals surface area (Å²) in [5.41, 5.74) is 0. The van der Waals surface area contributed by atoms with Crippen molar-refractivity contribution in [3.8, 4) is 0 Å². The molecule has 0 radical (unpaired) electrons. The zero-order valence-electron chi connectivity index (χ0n) is 11.5. The first kappa shape index (κ1) is 14.6. The van der Waals surface area contributed by atoms with Gasteiger partial charge in [-0.05, 0) is 30.6 Å². The molecule has 0 amide bonds. The number of rotatable bonds is 3. The molecular weight excluding hydrogens is 232 g/mol. The normalized spacial score (nSPS) is 26.4. The first-order valence-corrected chi connectivity index (χ1v) is 9.09. The molecule has 3 nitrogen and oxygen atoms in total. The minimum absolute atomic E-state index is 0.0163. The van der Waals surface area contributed by atoms with Gasteiger partial charge in [0.25, 0.3) is 0 Å². The molecule has 0 aliphatic heterocycles. The quantitative estimate of drug-likeness (QED) is 0.789. The summed E-state index contributed by atoms with van der Waals surface area (Å²) in [6.45, 7) is 10.9. The summed E-state index contributed by atoms with van der Waals surface area (Å²) < 4.78 is 6.21. The summed E-state index contributed by atoms with van der Waals surface area (Å²) in [6, 6.07) is 0. The molecule has 17 heavy (non-hydrogen) atoms. The molecule has 2 atom stereocenters. The molecule has 98 valence electrons. The number of hydrogen-bond acceptors (Lipinski definition) is 3. The SMILES string of the molecule is CC(C)(C)[Si](C)(C)O[C@@H]1C=CC(=O)[C@@H](CO)C1. The van der Waals surface area contributed by atoms with Crippen LogP contribution >= 0.6 is 0 Å². The van der Waals surface area contributed by atoms with Gasteiger partial charge in [0, 0.05) is 5.92 Å². The fraction of sp³-hybridized carbons (Fsp3) is 0.769. The Bertz CT molecular complexity index is 315. The zero-order valence-corrected chi connectivity index (χ0v) is 12.5. The van der Waals surface area contributed by atoms with Gasteiger partial charge in [0.2, 0.25) is 0 Å². The Balaban J connectivity index is 2.71. The second kappa shape index (κ2) is 5.04. The summed E-state index contributed by atoms with van der Waals surface area (Å²) in [5.74, 6) is -0.266. The van der Waals surface area contributed by atoms with Crippen molar-refractivity contribution in [2.24, 2.45) is 5.92 Å². The van der Waals surface area contributed by atoms with Crippen LogP contribution in [0.15, 0.2) is 12.2 Å². The maximum Gasteiger partial charge on any atom is 0.192 e. The highest BCUT2D eigenvalue weighted by Crippen LogP contribution is 2.38. The molecule has 0 heterocycles. The Morgan fingerprint density at radius 1 is 1.47 bits per heavy atom. The van der Waals surface area contributed by atoms with Gasteiger partial charge in [0.1, 0.15) is 0 Å². The maximum atomic E-state index is 11.4. The van der Waals surface area contributed by atoms with Gasteiger partial charge in [-0.3, -0.25) is 4.79 Å². The highest BCUT2D eigenvalue weighted by atomic mass is 28.4. The van der Waals surface area contributed by atoms with Crippen LogP contribution in [0, 0.1) is 5.92 Å². The smallest absolute Gasteiger partial charge is 0.192 e. The van der Waals surface area contributed by atoms with E-state index in [9.17, 15) is 4.79 Å². The molecule has 0 saturated heterocycles. The molecule has 0 unspecified atom stereocenters. The van der Waals surface area contributed by atoms with Crippen LogP contribution in [0.5, 0.6) is 0 Å². The van der Waals surface area contributed by atoms with E-state index >= 15 is 0 Å². The van der Waals surface area contributed by atoms with E-state index in [-0.39, 0.29) is 29.5 Å². The number of ketones is 1. The fourth-order valence-electron chi connectivity index (χ4n) is 1.62. The van der Waals surface area contributed by atoms with Gasteiger partial charge in [0.05, 0.1) is 12.7 Å². The second-order valence-electron chi connectivity index (χ2n) is 6.29. The van der Waals surface area contributed by atoms with Gasteiger partial charge in [-0.1, -0.05) is 26.8 Å². The van der Waals surface area contributed by atoms with Crippen LogP contribution in [0.2, 0.25) is 18.1 Å². The van der Waals surface area contributed by atoms with Gasteiger partial charge in [0.15, 0.2) is 14.1 Å². The largest absolute Gasteiger partial charge is 0.411 e. The fourth-order valence-corrected chi connectivity index (χ4v) is 2.91. The van der Waals surface area contributed by atoms with Gasteiger partial charge in [-0.15, -0.1) is 0 Å². The van der Waals surface area contributed by atoms with Crippen LogP contribution in [0.1, 0.15) is 27.2 Å². The van der Waals surface area contributed by atoms with Crippen molar-refractivity contribution in [2.75, 3.05) is 6.61 Å². The standard InChI is InChI=1S/C13H24O3Si/c1-13(2,3)17(4,5)16-11-6-7-12(15)10(8-11)9-14/h6-7,10-11,14H,8-9H2,1-5H3/t10-,11-/m1/s1. The molecule has 0 fully saturated rings. The summed E-state index contributed by atoms with van der Waals surface area (Å²) in [7, 11) is -1.80. The number of aliphatic hydroxyl groups excluding tert-OH is 1. The second-order valence-corrected chi connectivity index (χ2v) is 11.0. The average Bonchev–Trinajstić information content (AvgIpc) is 2.19. The molecule has 0 aromatic heterocycles. The monoisotopic (exact) mass is 256 g/mol. The lowest BCUT2D eigenvalue weighted by Crippen LogP contribution is -2.45. The number of hydrogen-bond donors (Lipinski definition) is 1. The topological polar surface area (TPSA) is 46.5 Å². The van der Waals surface area contributed by atoms with Crippen LogP contribution in [0.25, 0.3) is 0 Å². The first-order valence-electron chi connectivity index (χ1n) is 6.18. The van der Waals surface area contributed by atoms with E-state index in [4.69, 9.17) is 9.53 Å². The van der Waals surface area contributed by atoms with Gasteiger partial charge in [-0.2, -0.15) is 0 Å². The minimum atomic E-state index is -1.80. The minimum Gasteiger partial charge on any atom is -0.411 e. The van der Waals surface area contributed by atoms with Gasteiger partial charge >= 0.3 is 0 Å². The van der Waals surface area contributed by atoms with E-state index in [0.29, 0.717) is 6.42 Å². The number of carbonyl (C=O) groups is 1. The van der Waals surface area contributed by atoms with Crippen LogP contribution < -0.4 is 0 Å². The molecule has 4 heteroatoms. The third-order valence-corrected chi connectivity index (χ3v) is 8.37. The van der Waals surface area contributed by atoms with Crippen LogP contribution in [-0.4, -0.2) is 31.9 Å². The van der Waals surface area contributed by atoms with E-state index in [1.54, 1.807) is 6.08 Å². The van der Waals surface area contributed by atoms with Crippen molar-refractivity contribution in [1.82, 2.24) is 0 Å². The van der Waals surface area contributed by atoms with Crippen LogP contribution in [-0.2, 0) is 9.22 Å². The highest BCUT2D eigenvalue weighted by Gasteiger charge is 2.39. The maximum absolute atomic E-state index is 11.4. The molecule has 0 aromatic rings. The van der Waals surface area contributed by atoms with Gasteiger partial charge < -0.3 is 9.53 Å². The van der Waals surface area contributed by atoms with Crippen molar-refractivity contribution < 1.29 is 14.3 Å². The third-order valence-electron chi connectivity index (χ3n) is 3.87. The Labute approximate surface area is 105 Å². The lowest BCUT2D eigenvalue weighted by atomic mass is 9.92. The third kappa shape index (κ3) is 3.50. The predicted molar refractivity (Wildman–Crippen MR) is 71.4 cm³/mol. The van der Waals surface area contributed by atoms with Crippen LogP contribution in [0.3, 0.4) is 0 Å². The molecule has 0 aromatic carbocycles. The lowest BCUT2D eigenvalue weighted by molar-refractivity contribution is -0.120. The predicted octanol–water partition coefficient (Wildman–Crippen LogP) is 2.51. The van der Waals surface area contributed by atoms with Crippen molar-refractivity contribution in [2.45, 2.75) is 51.4 Å². The van der Waals surface area contributed by atoms with E-state index in [1.165, 1.54) is 0 Å². The number of carbonyl (C=O) groups excluding carboxylic acids is 1. The zero-order chi connectivity index (χ0) is 13.3. The van der Waals surface area contributed by atoms with E-state index in [1.807, 2.05) is 6.08 Å². The summed E-state index contributed by atoms with van der Waals surface area (Å²) in [6.07, 6.45) is 3.99. The molecule has 1 aliphatic rings. The Morgan fingerprint density at radius 3 is 2.53 bits per heavy atom. The molecule has 1 N–H and O–H groups in total. The van der Waals surface area contributed by atoms with Crippen molar-refractivity contribution in [1.29, 1.82) is 0 Å². The average molecular weight is 256 g/mol. The van der Waals surface area contributed by atoms with Crippen LogP contribution in [0.4, 0.5) is 0 Å². The number of aliphatic hydroxyl groups is 1. The first-order chi connectivity index (χ1) is 7.67. The van der Waals surface area contributed by atoms with Crippen molar-refractivity contribution in [3.05, 3.63) is 12.2 Å². The Morgan fingerprint density at radius 2 is 2.06 bits per heavy atom. The Hall–Kier alpha value is -0.453. The molecule has 0 bridgehead atoms. The summed E-state index contributed by atoms with van der Waals surface area (Å²) in [4.78, 5) is 11.4. The number of allylic oxidation sites excluding steroid dienone is 1. The molecule has 0 spiro atoms. The van der Waals surface area contributed by atoms with E-state index in [0.717, 1.165) is 0 Å². The highest BCUT2D eigenvalue weighted by molar-refractivity contribution is 6.74. The lowest BCUT2D eigenvalue weighted by Gasteiger charge is -2.39. The van der Waals surface area contributed by atoms with Crippen molar-refractivity contribution >= 4 is 14.1 Å². The molecule has 0 saturated carbocycles. The Kier molecular flexibility index (Phi) is 4.33. The summed E-state index contributed by atoms with van der Waals surface area (Å²) in [5, 5.41) is 9.30.